The number of hydrogen-bond donors (Lipinski definition) is 1. The fraction of sp³-hybridized carbons (Fsp3) is 0.429. The average Bonchev–Trinajstić information content (AvgIpc) is 2.68. The SMILES string of the molecule is CC(C)N1C=CC=C(C(=O)O)C1N1CCN(Cc2ccc(C=O)cc2)CC1. The first-order valence-electron chi connectivity index (χ1n) is 9.39. The summed E-state index contributed by atoms with van der Waals surface area (Å²) in [6.45, 7) is 8.41. The molecular weight excluding hydrogens is 342 g/mol. The molecule has 1 atom stereocenters. The van der Waals surface area contributed by atoms with Gasteiger partial charge in [0.2, 0.25) is 0 Å². The molecule has 0 bridgehead atoms. The Morgan fingerprint density at radius 2 is 1.85 bits per heavy atom. The van der Waals surface area contributed by atoms with E-state index in [1.165, 1.54) is 5.56 Å². The average molecular weight is 369 g/mol. The standard InChI is InChI=1S/C21H27N3O3/c1-16(2)24-9-3-4-19(21(26)27)20(24)23-12-10-22(11-13-23)14-17-5-7-18(15-25)8-6-17/h3-9,15-16,20H,10-14H2,1-2H3,(H,26,27). The van der Waals surface area contributed by atoms with Crippen LogP contribution in [-0.2, 0) is 11.3 Å². The quantitative estimate of drug-likeness (QED) is 0.776. The van der Waals surface area contributed by atoms with Crippen LogP contribution in [0.3, 0.4) is 0 Å². The van der Waals surface area contributed by atoms with Crippen LogP contribution >= 0.6 is 0 Å². The first kappa shape index (κ1) is 19.3. The Bertz CT molecular complexity index is 732. The van der Waals surface area contributed by atoms with Crippen molar-refractivity contribution in [1.29, 1.82) is 0 Å². The molecule has 0 saturated carbocycles. The predicted molar refractivity (Wildman–Crippen MR) is 104 cm³/mol. The number of rotatable bonds is 6. The van der Waals surface area contributed by atoms with Crippen molar-refractivity contribution >= 4 is 12.3 Å². The van der Waals surface area contributed by atoms with E-state index in [0.29, 0.717) is 11.1 Å². The molecule has 3 rings (SSSR count). The summed E-state index contributed by atoms with van der Waals surface area (Å²) in [7, 11) is 0. The van der Waals surface area contributed by atoms with Crippen molar-refractivity contribution in [2.75, 3.05) is 26.2 Å². The number of carboxylic acids is 1. The molecule has 0 amide bonds. The van der Waals surface area contributed by atoms with Gasteiger partial charge in [0.1, 0.15) is 12.5 Å². The largest absolute Gasteiger partial charge is 0.478 e. The Morgan fingerprint density at radius 1 is 1.19 bits per heavy atom. The van der Waals surface area contributed by atoms with Gasteiger partial charge >= 0.3 is 5.97 Å². The van der Waals surface area contributed by atoms with Gasteiger partial charge in [0, 0.05) is 50.5 Å². The summed E-state index contributed by atoms with van der Waals surface area (Å²) in [5, 5.41) is 9.64. The maximum Gasteiger partial charge on any atom is 0.335 e. The summed E-state index contributed by atoms with van der Waals surface area (Å²) < 4.78 is 0. The monoisotopic (exact) mass is 369 g/mol. The molecule has 1 unspecified atom stereocenters. The Labute approximate surface area is 160 Å². The molecule has 2 aliphatic heterocycles. The van der Waals surface area contributed by atoms with E-state index < -0.39 is 5.97 Å². The van der Waals surface area contributed by atoms with Gasteiger partial charge in [-0.1, -0.05) is 24.3 Å². The summed E-state index contributed by atoms with van der Waals surface area (Å²) in [4.78, 5) is 29.3. The first-order chi connectivity index (χ1) is 13.0. The number of piperazine rings is 1. The molecule has 1 fully saturated rings. The molecule has 6 heteroatoms. The van der Waals surface area contributed by atoms with Crippen LogP contribution in [0.2, 0.25) is 0 Å². The molecule has 0 radical (unpaired) electrons. The topological polar surface area (TPSA) is 64.1 Å². The summed E-state index contributed by atoms with van der Waals surface area (Å²) in [5.41, 5.74) is 2.31. The zero-order valence-corrected chi connectivity index (χ0v) is 15.9. The van der Waals surface area contributed by atoms with Crippen LogP contribution in [0.25, 0.3) is 0 Å². The molecule has 27 heavy (non-hydrogen) atoms. The normalized spacial score (nSPS) is 21.4. The van der Waals surface area contributed by atoms with Crippen molar-refractivity contribution < 1.29 is 14.7 Å². The van der Waals surface area contributed by atoms with Crippen LogP contribution in [0.5, 0.6) is 0 Å². The fourth-order valence-electron chi connectivity index (χ4n) is 3.72. The molecule has 2 heterocycles. The fourth-order valence-corrected chi connectivity index (χ4v) is 3.72. The molecule has 0 aliphatic carbocycles. The summed E-state index contributed by atoms with van der Waals surface area (Å²) in [6, 6.07) is 7.90. The van der Waals surface area contributed by atoms with Crippen molar-refractivity contribution in [3.63, 3.8) is 0 Å². The third kappa shape index (κ3) is 4.46. The minimum atomic E-state index is -0.854. The van der Waals surface area contributed by atoms with E-state index in [1.54, 1.807) is 6.08 Å². The maximum absolute atomic E-state index is 11.7. The zero-order chi connectivity index (χ0) is 19.4. The van der Waals surface area contributed by atoms with Crippen LogP contribution in [0.4, 0.5) is 0 Å². The number of aliphatic carboxylic acids is 1. The number of hydrogen-bond acceptors (Lipinski definition) is 5. The third-order valence-corrected chi connectivity index (χ3v) is 5.21. The number of nitrogens with zero attached hydrogens (tertiary/aromatic N) is 3. The second kappa shape index (κ2) is 8.50. The number of aldehydes is 1. The van der Waals surface area contributed by atoms with Crippen molar-refractivity contribution in [2.45, 2.75) is 32.6 Å². The van der Waals surface area contributed by atoms with Gasteiger partial charge in [-0.15, -0.1) is 0 Å². The molecule has 0 spiro atoms. The lowest BCUT2D eigenvalue weighted by Gasteiger charge is -2.46. The number of benzene rings is 1. The van der Waals surface area contributed by atoms with Crippen molar-refractivity contribution in [2.24, 2.45) is 0 Å². The van der Waals surface area contributed by atoms with Crippen LogP contribution in [0.15, 0.2) is 48.2 Å². The van der Waals surface area contributed by atoms with Gasteiger partial charge in [-0.25, -0.2) is 4.79 Å². The van der Waals surface area contributed by atoms with Crippen LogP contribution in [-0.4, -0.2) is 70.4 Å². The smallest absolute Gasteiger partial charge is 0.335 e. The molecule has 1 aromatic rings. The van der Waals surface area contributed by atoms with Gasteiger partial charge < -0.3 is 10.0 Å². The Balaban J connectivity index is 1.64. The van der Waals surface area contributed by atoms with Gasteiger partial charge in [-0.3, -0.25) is 14.6 Å². The van der Waals surface area contributed by atoms with Gasteiger partial charge in [0.05, 0.1) is 5.57 Å². The lowest BCUT2D eigenvalue weighted by Crippen LogP contribution is -2.57. The van der Waals surface area contributed by atoms with Gasteiger partial charge in [-0.2, -0.15) is 0 Å². The minimum absolute atomic E-state index is 0.221. The summed E-state index contributed by atoms with van der Waals surface area (Å²) in [6.07, 6.45) is 6.16. The second-order valence-corrected chi connectivity index (χ2v) is 7.35. The first-order valence-corrected chi connectivity index (χ1v) is 9.39. The molecule has 144 valence electrons. The van der Waals surface area contributed by atoms with Crippen molar-refractivity contribution in [3.05, 3.63) is 59.3 Å². The van der Waals surface area contributed by atoms with Crippen molar-refractivity contribution in [1.82, 2.24) is 14.7 Å². The van der Waals surface area contributed by atoms with E-state index in [1.807, 2.05) is 36.5 Å². The lowest BCUT2D eigenvalue weighted by atomic mass is 10.0. The highest BCUT2D eigenvalue weighted by Gasteiger charge is 2.35. The Hall–Kier alpha value is -2.44. The van der Waals surface area contributed by atoms with E-state index in [2.05, 4.69) is 28.5 Å². The number of carboxylic acid groups (broad SMARTS) is 1. The van der Waals surface area contributed by atoms with E-state index in [4.69, 9.17) is 0 Å². The molecule has 6 nitrogen and oxygen atoms in total. The summed E-state index contributed by atoms with van der Waals surface area (Å²) in [5.74, 6) is -0.854. The highest BCUT2D eigenvalue weighted by Crippen LogP contribution is 2.24. The zero-order valence-electron chi connectivity index (χ0n) is 15.9. The van der Waals surface area contributed by atoms with E-state index in [-0.39, 0.29) is 12.2 Å². The maximum atomic E-state index is 11.7. The third-order valence-electron chi connectivity index (χ3n) is 5.21. The van der Waals surface area contributed by atoms with E-state index in [0.717, 1.165) is 39.0 Å². The van der Waals surface area contributed by atoms with Crippen LogP contribution < -0.4 is 0 Å². The molecular formula is C21H27N3O3. The number of allylic oxidation sites excluding steroid dienone is 2. The second-order valence-electron chi connectivity index (χ2n) is 7.35. The molecule has 1 saturated heterocycles. The Kier molecular flexibility index (Phi) is 6.08. The molecule has 1 N–H and O–H groups in total. The van der Waals surface area contributed by atoms with Gasteiger partial charge in [-0.05, 0) is 31.6 Å². The number of carbonyl (C=O) groups excluding carboxylic acids is 1. The van der Waals surface area contributed by atoms with Gasteiger partial charge in [0.15, 0.2) is 0 Å². The lowest BCUT2D eigenvalue weighted by molar-refractivity contribution is -0.134. The predicted octanol–water partition coefficient (Wildman–Crippen LogP) is 2.19. The number of carbonyl (C=O) groups is 2. The van der Waals surface area contributed by atoms with Gasteiger partial charge in [0.25, 0.3) is 0 Å². The Morgan fingerprint density at radius 3 is 2.41 bits per heavy atom. The molecule has 2 aliphatic rings. The summed E-state index contributed by atoms with van der Waals surface area (Å²) >= 11 is 0. The molecule has 1 aromatic carbocycles. The van der Waals surface area contributed by atoms with E-state index >= 15 is 0 Å². The highest BCUT2D eigenvalue weighted by molar-refractivity contribution is 5.88. The van der Waals surface area contributed by atoms with E-state index in [9.17, 15) is 14.7 Å². The van der Waals surface area contributed by atoms with Crippen LogP contribution in [0.1, 0.15) is 29.8 Å². The minimum Gasteiger partial charge on any atom is -0.478 e. The highest BCUT2D eigenvalue weighted by atomic mass is 16.4. The van der Waals surface area contributed by atoms with Crippen LogP contribution in [0, 0.1) is 0 Å². The van der Waals surface area contributed by atoms with Crippen molar-refractivity contribution in [3.8, 4) is 0 Å². The molecule has 0 aromatic heterocycles.